The van der Waals surface area contributed by atoms with Gasteiger partial charge >= 0.3 is 5.69 Å². The fourth-order valence-electron chi connectivity index (χ4n) is 1.94. The second kappa shape index (κ2) is 7.03. The normalized spacial score (nSPS) is 11.7. The molecule has 8 heteroatoms. The first-order valence-electron chi connectivity index (χ1n) is 6.95. The molecule has 0 fully saturated rings. The molecule has 0 aromatic heterocycles. The Hall–Kier alpha value is -3.03. The van der Waals surface area contributed by atoms with Gasteiger partial charge in [-0.2, -0.15) is 0 Å². The molecule has 0 bridgehead atoms. The van der Waals surface area contributed by atoms with Crippen LogP contribution in [0, 0.1) is 28.7 Å². The summed E-state index contributed by atoms with van der Waals surface area (Å²) in [6, 6.07) is 6.90. The Balaban J connectivity index is 2.15. The van der Waals surface area contributed by atoms with Gasteiger partial charge in [-0.15, -0.1) is 0 Å². The molecule has 0 spiro atoms. The minimum absolute atomic E-state index is 0.0898. The molecule has 1 N–H and O–H groups in total. The zero-order valence-electron chi connectivity index (χ0n) is 12.9. The number of rotatable bonds is 5. The predicted molar refractivity (Wildman–Crippen MR) is 82.9 cm³/mol. The van der Waals surface area contributed by atoms with Crippen LogP contribution in [0.5, 0.6) is 5.75 Å². The lowest BCUT2D eigenvalue weighted by Crippen LogP contribution is -2.30. The van der Waals surface area contributed by atoms with E-state index in [0.717, 1.165) is 18.2 Å². The molecule has 0 aliphatic rings. The number of aryl methyl sites for hydroxylation is 1. The molecule has 6 nitrogen and oxygen atoms in total. The Morgan fingerprint density at radius 2 is 1.96 bits per heavy atom. The lowest BCUT2D eigenvalue weighted by molar-refractivity contribution is -0.386. The summed E-state index contributed by atoms with van der Waals surface area (Å²) in [6.45, 7) is 3.02. The molecule has 1 atom stereocenters. The van der Waals surface area contributed by atoms with Crippen LogP contribution in [0.2, 0.25) is 0 Å². The summed E-state index contributed by atoms with van der Waals surface area (Å²) in [7, 11) is 0. The highest BCUT2D eigenvalue weighted by atomic mass is 19.1. The molecule has 0 aliphatic carbocycles. The van der Waals surface area contributed by atoms with Crippen molar-refractivity contribution in [2.45, 2.75) is 20.0 Å². The van der Waals surface area contributed by atoms with Gasteiger partial charge in [-0.25, -0.2) is 8.78 Å². The number of amides is 1. The molecule has 1 amide bonds. The van der Waals surface area contributed by atoms with Crippen LogP contribution >= 0.6 is 0 Å². The highest BCUT2D eigenvalue weighted by molar-refractivity contribution is 5.94. The summed E-state index contributed by atoms with van der Waals surface area (Å²) >= 11 is 0. The number of halogens is 2. The van der Waals surface area contributed by atoms with Gasteiger partial charge in [-0.05, 0) is 37.6 Å². The number of ether oxygens (including phenoxy) is 1. The summed E-state index contributed by atoms with van der Waals surface area (Å²) in [5.74, 6) is -2.38. The van der Waals surface area contributed by atoms with E-state index < -0.39 is 28.6 Å². The molecular formula is C16H14F2N2O4. The molecule has 0 saturated carbocycles. The molecule has 126 valence electrons. The van der Waals surface area contributed by atoms with Crippen LogP contribution in [-0.2, 0) is 4.79 Å². The largest absolute Gasteiger partial charge is 0.474 e. The van der Waals surface area contributed by atoms with Gasteiger partial charge in [0.2, 0.25) is 0 Å². The third kappa shape index (κ3) is 4.03. The highest BCUT2D eigenvalue weighted by Crippen LogP contribution is 2.28. The first kappa shape index (κ1) is 17.3. The number of nitro groups is 1. The van der Waals surface area contributed by atoms with Crippen molar-refractivity contribution in [3.63, 3.8) is 0 Å². The van der Waals surface area contributed by atoms with Gasteiger partial charge in [0, 0.05) is 12.1 Å². The van der Waals surface area contributed by atoms with Gasteiger partial charge in [0.05, 0.1) is 10.6 Å². The van der Waals surface area contributed by atoms with Crippen LogP contribution in [0.25, 0.3) is 0 Å². The molecule has 0 aliphatic heterocycles. The molecule has 2 aromatic carbocycles. The lowest BCUT2D eigenvalue weighted by atomic mass is 10.2. The van der Waals surface area contributed by atoms with Crippen molar-refractivity contribution in [3.8, 4) is 5.75 Å². The minimum atomic E-state index is -1.16. The Bertz CT molecular complexity index is 796. The van der Waals surface area contributed by atoms with E-state index in [1.54, 1.807) is 13.0 Å². The van der Waals surface area contributed by atoms with Gasteiger partial charge in [0.15, 0.2) is 11.9 Å². The number of nitrogens with one attached hydrogen (secondary N) is 1. The van der Waals surface area contributed by atoms with Gasteiger partial charge in [0.25, 0.3) is 5.91 Å². The van der Waals surface area contributed by atoms with Gasteiger partial charge < -0.3 is 10.1 Å². The summed E-state index contributed by atoms with van der Waals surface area (Å²) in [5, 5.41) is 13.2. The zero-order valence-corrected chi connectivity index (χ0v) is 12.9. The number of hydrogen-bond donors (Lipinski definition) is 1. The van der Waals surface area contributed by atoms with E-state index in [-0.39, 0.29) is 17.1 Å². The molecular weight excluding hydrogens is 322 g/mol. The number of nitro benzene ring substituents is 1. The van der Waals surface area contributed by atoms with Crippen LogP contribution in [0.3, 0.4) is 0 Å². The van der Waals surface area contributed by atoms with Crippen molar-refractivity contribution < 1.29 is 23.2 Å². The van der Waals surface area contributed by atoms with Gasteiger partial charge in [-0.1, -0.05) is 6.07 Å². The fraction of sp³-hybridized carbons (Fsp3) is 0.188. The fourth-order valence-corrected chi connectivity index (χ4v) is 1.94. The SMILES string of the molecule is Cc1ccc(O[C@H](C)C(=O)Nc2cc(F)ccc2F)c([N+](=O)[O-])c1. The van der Waals surface area contributed by atoms with E-state index in [2.05, 4.69) is 5.32 Å². The Morgan fingerprint density at radius 1 is 1.25 bits per heavy atom. The summed E-state index contributed by atoms with van der Waals surface area (Å²) in [5.41, 5.74) is 0.0356. The van der Waals surface area contributed by atoms with Gasteiger partial charge in [-0.3, -0.25) is 14.9 Å². The number of carbonyl (C=O) groups excluding carboxylic acids is 1. The minimum Gasteiger partial charge on any atom is -0.474 e. The quantitative estimate of drug-likeness (QED) is 0.668. The molecule has 2 aromatic rings. The van der Waals surface area contributed by atoms with Gasteiger partial charge in [0.1, 0.15) is 11.6 Å². The Morgan fingerprint density at radius 3 is 2.62 bits per heavy atom. The van der Waals surface area contributed by atoms with Crippen molar-refractivity contribution in [2.24, 2.45) is 0 Å². The lowest BCUT2D eigenvalue weighted by Gasteiger charge is -2.15. The van der Waals surface area contributed by atoms with E-state index in [9.17, 15) is 23.7 Å². The zero-order chi connectivity index (χ0) is 17.9. The second-order valence-corrected chi connectivity index (χ2v) is 5.10. The topological polar surface area (TPSA) is 81.5 Å². The van der Waals surface area contributed by atoms with E-state index in [1.165, 1.54) is 19.1 Å². The maximum absolute atomic E-state index is 13.5. The highest BCUT2D eigenvalue weighted by Gasteiger charge is 2.22. The Kier molecular flexibility index (Phi) is 5.08. The predicted octanol–water partition coefficient (Wildman–Crippen LogP) is 3.59. The van der Waals surface area contributed by atoms with Crippen molar-refractivity contribution in [1.82, 2.24) is 0 Å². The second-order valence-electron chi connectivity index (χ2n) is 5.10. The molecule has 0 heterocycles. The molecule has 24 heavy (non-hydrogen) atoms. The van der Waals surface area contributed by atoms with Crippen LogP contribution in [0.1, 0.15) is 12.5 Å². The number of carbonyl (C=O) groups is 1. The van der Waals surface area contributed by atoms with E-state index in [0.29, 0.717) is 5.56 Å². The average Bonchev–Trinajstić information content (AvgIpc) is 2.52. The number of hydrogen-bond acceptors (Lipinski definition) is 4. The van der Waals surface area contributed by atoms with E-state index >= 15 is 0 Å². The van der Waals surface area contributed by atoms with E-state index in [1.807, 2.05) is 0 Å². The third-order valence-electron chi connectivity index (χ3n) is 3.17. The van der Waals surface area contributed by atoms with Crippen LogP contribution < -0.4 is 10.1 Å². The van der Waals surface area contributed by atoms with E-state index in [4.69, 9.17) is 4.74 Å². The Labute approximate surface area is 136 Å². The molecule has 0 unspecified atom stereocenters. The van der Waals surface area contributed by atoms with Crippen LogP contribution in [0.15, 0.2) is 36.4 Å². The molecule has 0 radical (unpaired) electrons. The summed E-state index contributed by atoms with van der Waals surface area (Å²) < 4.78 is 31.9. The first-order valence-corrected chi connectivity index (χ1v) is 6.95. The maximum atomic E-state index is 13.5. The van der Waals surface area contributed by atoms with Crippen LogP contribution in [-0.4, -0.2) is 16.9 Å². The van der Waals surface area contributed by atoms with Crippen molar-refractivity contribution in [1.29, 1.82) is 0 Å². The summed E-state index contributed by atoms with van der Waals surface area (Å²) in [6.07, 6.45) is -1.16. The maximum Gasteiger partial charge on any atom is 0.311 e. The van der Waals surface area contributed by atoms with Crippen molar-refractivity contribution in [3.05, 3.63) is 63.7 Å². The molecule has 0 saturated heterocycles. The number of nitrogens with zero attached hydrogens (tertiary/aromatic N) is 1. The monoisotopic (exact) mass is 336 g/mol. The third-order valence-corrected chi connectivity index (χ3v) is 3.17. The smallest absolute Gasteiger partial charge is 0.311 e. The first-order chi connectivity index (χ1) is 11.3. The average molecular weight is 336 g/mol. The summed E-state index contributed by atoms with van der Waals surface area (Å²) in [4.78, 5) is 22.4. The number of anilines is 1. The standard InChI is InChI=1S/C16H14F2N2O4/c1-9-3-6-15(14(7-9)20(22)23)24-10(2)16(21)19-13-8-11(17)4-5-12(13)18/h3-8,10H,1-2H3,(H,19,21)/t10-/m1/s1. The molecule has 2 rings (SSSR count). The van der Waals surface area contributed by atoms with Crippen LogP contribution in [0.4, 0.5) is 20.2 Å². The van der Waals surface area contributed by atoms with Crippen molar-refractivity contribution >= 4 is 17.3 Å². The van der Waals surface area contributed by atoms with Crippen molar-refractivity contribution in [2.75, 3.05) is 5.32 Å². The number of benzene rings is 2.